The van der Waals surface area contributed by atoms with E-state index in [1.165, 1.54) is 11.1 Å². The maximum atomic E-state index is 5.39. The summed E-state index contributed by atoms with van der Waals surface area (Å²) in [5.74, 6) is 0.637. The van der Waals surface area contributed by atoms with Crippen LogP contribution in [0.4, 0.5) is 0 Å². The van der Waals surface area contributed by atoms with Crippen LogP contribution in [0.5, 0.6) is 0 Å². The van der Waals surface area contributed by atoms with Gasteiger partial charge in [-0.25, -0.2) is 4.98 Å². The Morgan fingerprint density at radius 1 is 1.00 bits per heavy atom. The van der Waals surface area contributed by atoms with Crippen LogP contribution in [-0.2, 0) is 7.05 Å². The summed E-state index contributed by atoms with van der Waals surface area (Å²) >= 11 is 0. The highest BCUT2D eigenvalue weighted by Crippen LogP contribution is 2.22. The van der Waals surface area contributed by atoms with Crippen molar-refractivity contribution in [2.75, 3.05) is 0 Å². The predicted molar refractivity (Wildman–Crippen MR) is 73.3 cm³/mol. The minimum atomic E-state index is 0.637. The topological polar surface area (TPSA) is 29.9 Å². The molecule has 0 saturated carbocycles. The summed E-state index contributed by atoms with van der Waals surface area (Å²) in [5, 5.41) is 0. The van der Waals surface area contributed by atoms with Crippen molar-refractivity contribution >= 4 is 0 Å². The number of pyridine rings is 1. The van der Waals surface area contributed by atoms with Gasteiger partial charge < -0.3 is 4.42 Å². The summed E-state index contributed by atoms with van der Waals surface area (Å²) in [6.07, 6.45) is 3.26. The van der Waals surface area contributed by atoms with E-state index in [1.54, 1.807) is 12.5 Å². The largest absolute Gasteiger partial charge is 0.440 e. The lowest BCUT2D eigenvalue weighted by atomic mass is 10.0. The molecule has 0 aliphatic heterocycles. The molecule has 0 spiro atoms. The first-order valence-corrected chi connectivity index (χ1v) is 6.22. The van der Waals surface area contributed by atoms with Gasteiger partial charge in [0.1, 0.15) is 13.3 Å². The SMILES string of the molecule is Cc1ccccc1-c1cccc(-c2ncco2)[n+]1C. The maximum absolute atomic E-state index is 5.39. The van der Waals surface area contributed by atoms with Crippen LogP contribution in [0, 0.1) is 6.92 Å². The summed E-state index contributed by atoms with van der Waals surface area (Å²) in [6, 6.07) is 14.5. The van der Waals surface area contributed by atoms with Crippen molar-refractivity contribution in [2.45, 2.75) is 6.92 Å². The lowest BCUT2D eigenvalue weighted by molar-refractivity contribution is -0.649. The van der Waals surface area contributed by atoms with Crippen molar-refractivity contribution in [1.82, 2.24) is 4.98 Å². The summed E-state index contributed by atoms with van der Waals surface area (Å²) in [6.45, 7) is 2.12. The Labute approximate surface area is 112 Å². The van der Waals surface area contributed by atoms with Gasteiger partial charge in [0, 0.05) is 17.7 Å². The molecule has 0 aliphatic rings. The van der Waals surface area contributed by atoms with Crippen molar-refractivity contribution in [2.24, 2.45) is 7.05 Å². The van der Waals surface area contributed by atoms with Gasteiger partial charge in [-0.05, 0) is 24.6 Å². The summed E-state index contributed by atoms with van der Waals surface area (Å²) < 4.78 is 7.49. The van der Waals surface area contributed by atoms with Gasteiger partial charge in [-0.15, -0.1) is 0 Å². The third-order valence-electron chi connectivity index (χ3n) is 3.30. The van der Waals surface area contributed by atoms with E-state index in [4.69, 9.17) is 4.42 Å². The molecule has 3 nitrogen and oxygen atoms in total. The zero-order valence-electron chi connectivity index (χ0n) is 11.0. The lowest BCUT2D eigenvalue weighted by Gasteiger charge is -2.05. The number of hydrogen-bond acceptors (Lipinski definition) is 2. The zero-order chi connectivity index (χ0) is 13.2. The molecule has 0 aliphatic carbocycles. The first-order valence-electron chi connectivity index (χ1n) is 6.22. The number of hydrogen-bond donors (Lipinski definition) is 0. The van der Waals surface area contributed by atoms with Gasteiger partial charge in [-0.1, -0.05) is 18.2 Å². The van der Waals surface area contributed by atoms with E-state index in [1.807, 2.05) is 19.2 Å². The second kappa shape index (κ2) is 4.69. The highest BCUT2D eigenvalue weighted by Gasteiger charge is 2.19. The molecule has 2 heterocycles. The molecular weight excluding hydrogens is 236 g/mol. The number of aryl methyl sites for hydroxylation is 1. The van der Waals surface area contributed by atoms with E-state index in [0.29, 0.717) is 5.89 Å². The Morgan fingerprint density at radius 3 is 2.53 bits per heavy atom. The van der Waals surface area contributed by atoms with E-state index >= 15 is 0 Å². The van der Waals surface area contributed by atoms with E-state index in [2.05, 4.69) is 46.8 Å². The molecule has 3 aromatic rings. The molecule has 0 amide bonds. The predicted octanol–water partition coefficient (Wildman–Crippen LogP) is 3.14. The molecule has 0 fully saturated rings. The fraction of sp³-hybridized carbons (Fsp3) is 0.125. The van der Waals surface area contributed by atoms with E-state index in [-0.39, 0.29) is 0 Å². The van der Waals surface area contributed by atoms with Crippen molar-refractivity contribution in [3.63, 3.8) is 0 Å². The molecular formula is C16H15N2O+. The summed E-state index contributed by atoms with van der Waals surface area (Å²) in [5.41, 5.74) is 4.58. The molecule has 0 radical (unpaired) electrons. The Balaban J connectivity index is 2.19. The monoisotopic (exact) mass is 251 g/mol. The van der Waals surface area contributed by atoms with Crippen molar-refractivity contribution < 1.29 is 8.98 Å². The van der Waals surface area contributed by atoms with Crippen LogP contribution in [0.15, 0.2) is 59.3 Å². The fourth-order valence-corrected chi connectivity index (χ4v) is 2.28. The van der Waals surface area contributed by atoms with Crippen LogP contribution in [0.1, 0.15) is 5.56 Å². The van der Waals surface area contributed by atoms with Gasteiger partial charge in [0.05, 0.1) is 6.20 Å². The summed E-state index contributed by atoms with van der Waals surface area (Å²) in [7, 11) is 2.03. The number of rotatable bonds is 2. The number of nitrogens with zero attached hydrogens (tertiary/aromatic N) is 2. The smallest absolute Gasteiger partial charge is 0.292 e. The second-order valence-corrected chi connectivity index (χ2v) is 4.51. The quantitative estimate of drug-likeness (QED) is 0.655. The fourth-order valence-electron chi connectivity index (χ4n) is 2.28. The van der Waals surface area contributed by atoms with Gasteiger partial charge in [-0.3, -0.25) is 0 Å². The molecule has 1 aromatic carbocycles. The number of oxazole rings is 1. The molecule has 3 heteroatoms. The average molecular weight is 251 g/mol. The third kappa shape index (κ3) is 2.03. The molecule has 2 aromatic heterocycles. The van der Waals surface area contributed by atoms with Crippen LogP contribution in [-0.4, -0.2) is 4.98 Å². The van der Waals surface area contributed by atoms with Gasteiger partial charge in [0.2, 0.25) is 5.69 Å². The van der Waals surface area contributed by atoms with Crippen LogP contribution in [0.3, 0.4) is 0 Å². The van der Waals surface area contributed by atoms with Crippen molar-refractivity contribution in [1.29, 1.82) is 0 Å². The minimum Gasteiger partial charge on any atom is -0.440 e. The second-order valence-electron chi connectivity index (χ2n) is 4.51. The first kappa shape index (κ1) is 11.7. The standard InChI is InChI=1S/C16H15N2O/c1-12-6-3-4-7-13(12)14-8-5-9-15(18(14)2)16-17-10-11-19-16/h3-11H,1-2H3/q+1. The van der Waals surface area contributed by atoms with Crippen LogP contribution in [0.25, 0.3) is 22.8 Å². The zero-order valence-corrected chi connectivity index (χ0v) is 11.0. The molecule has 0 atom stereocenters. The van der Waals surface area contributed by atoms with Crippen molar-refractivity contribution in [3.05, 3.63) is 60.5 Å². The summed E-state index contributed by atoms with van der Waals surface area (Å²) in [4.78, 5) is 4.22. The molecule has 0 saturated heterocycles. The van der Waals surface area contributed by atoms with E-state index < -0.39 is 0 Å². The molecule has 0 N–H and O–H groups in total. The van der Waals surface area contributed by atoms with Crippen molar-refractivity contribution in [3.8, 4) is 22.8 Å². The molecule has 0 unspecified atom stereocenters. The van der Waals surface area contributed by atoms with Gasteiger partial charge in [0.15, 0.2) is 0 Å². The van der Waals surface area contributed by atoms with Gasteiger partial charge in [-0.2, -0.15) is 4.57 Å². The first-order chi connectivity index (χ1) is 9.27. The van der Waals surface area contributed by atoms with E-state index in [0.717, 1.165) is 11.4 Å². The lowest BCUT2D eigenvalue weighted by Crippen LogP contribution is -2.34. The van der Waals surface area contributed by atoms with Gasteiger partial charge in [0.25, 0.3) is 11.6 Å². The Hall–Kier alpha value is -2.42. The Morgan fingerprint density at radius 2 is 1.79 bits per heavy atom. The maximum Gasteiger partial charge on any atom is 0.292 e. The molecule has 19 heavy (non-hydrogen) atoms. The molecule has 94 valence electrons. The number of benzene rings is 1. The van der Waals surface area contributed by atoms with Crippen LogP contribution >= 0.6 is 0 Å². The molecule has 0 bridgehead atoms. The van der Waals surface area contributed by atoms with Crippen LogP contribution in [0.2, 0.25) is 0 Å². The van der Waals surface area contributed by atoms with Gasteiger partial charge >= 0.3 is 0 Å². The van der Waals surface area contributed by atoms with E-state index in [9.17, 15) is 0 Å². The third-order valence-corrected chi connectivity index (χ3v) is 3.30. The normalized spacial score (nSPS) is 10.6. The Bertz CT molecular complexity index is 703. The highest BCUT2D eigenvalue weighted by molar-refractivity contribution is 5.61. The number of aromatic nitrogens is 2. The minimum absolute atomic E-state index is 0.637. The Kier molecular flexibility index (Phi) is 2.88. The van der Waals surface area contributed by atoms with Crippen LogP contribution < -0.4 is 4.57 Å². The average Bonchev–Trinajstić information content (AvgIpc) is 2.94. The highest BCUT2D eigenvalue weighted by atomic mass is 16.3. The molecule has 3 rings (SSSR count).